The summed E-state index contributed by atoms with van der Waals surface area (Å²) in [5.41, 5.74) is 5.89. The van der Waals surface area contributed by atoms with Crippen molar-refractivity contribution in [2.24, 2.45) is 0 Å². The van der Waals surface area contributed by atoms with Crippen molar-refractivity contribution in [3.63, 3.8) is 0 Å². The standard InChI is InChI=1S/C53H56O9P2S/c1-29-21-30(54-11)22-34-35-23-31(55-12)26-38(51(2,3)4)46(35)60-63(59-45(29)34)41-17-15-19-43-49(41)58-50-42(18-16-20-44(50)65-43)64-61-47-36(24-32(56-13)27-39(47)52(5,6)7)37-25-33(57-14)28-40(48(37)62-64)53(8,9)10/h15-28H,1-14H3. The molecule has 0 spiro atoms. The van der Waals surface area contributed by atoms with Crippen molar-refractivity contribution < 1.29 is 40.5 Å². The number of fused-ring (bicyclic) bond motifs is 8. The van der Waals surface area contributed by atoms with E-state index in [1.54, 1.807) is 40.2 Å². The van der Waals surface area contributed by atoms with E-state index in [4.69, 9.17) is 40.5 Å². The van der Waals surface area contributed by atoms with Crippen LogP contribution in [0.1, 0.15) is 84.6 Å². The average Bonchev–Trinajstić information content (AvgIpc) is 3.54. The van der Waals surface area contributed by atoms with Crippen molar-refractivity contribution in [3.05, 3.63) is 107 Å². The molecular weight excluding hydrogens is 875 g/mol. The third-order valence-electron chi connectivity index (χ3n) is 11.8. The number of benzene rings is 6. The molecule has 0 N–H and O–H groups in total. The normalized spacial score (nSPS) is 13.1. The molecule has 65 heavy (non-hydrogen) atoms. The monoisotopic (exact) mass is 930 g/mol. The minimum atomic E-state index is -1.86. The molecule has 3 heterocycles. The lowest BCUT2D eigenvalue weighted by Crippen LogP contribution is -2.12. The third kappa shape index (κ3) is 8.02. The molecule has 1 atom stereocenters. The van der Waals surface area contributed by atoms with E-state index >= 15 is 0 Å². The first kappa shape index (κ1) is 44.7. The first-order chi connectivity index (χ1) is 30.8. The Kier molecular flexibility index (Phi) is 11.3. The maximum Gasteiger partial charge on any atom is 0.256 e. The Morgan fingerprint density at radius 1 is 0.431 bits per heavy atom. The highest BCUT2D eigenvalue weighted by Gasteiger charge is 2.31. The predicted molar refractivity (Wildman–Crippen MR) is 267 cm³/mol. The number of hydrogen-bond acceptors (Lipinski definition) is 10. The molecule has 1 aliphatic rings. The molecule has 8 aromatic rings. The lowest BCUT2D eigenvalue weighted by atomic mass is 9.84. The zero-order chi connectivity index (χ0) is 46.3. The van der Waals surface area contributed by atoms with E-state index in [1.165, 1.54) is 0 Å². The molecule has 9 rings (SSSR count). The minimum Gasteiger partial charge on any atom is -0.497 e. The van der Waals surface area contributed by atoms with E-state index in [2.05, 4.69) is 98.7 Å². The Hall–Kier alpha value is -5.53. The Labute approximate surface area is 386 Å². The largest absolute Gasteiger partial charge is 0.497 e. The van der Waals surface area contributed by atoms with Gasteiger partial charge in [-0.2, -0.15) is 0 Å². The second-order valence-electron chi connectivity index (χ2n) is 19.5. The van der Waals surface area contributed by atoms with E-state index in [9.17, 15) is 0 Å². The number of aryl methyl sites for hydroxylation is 1. The van der Waals surface area contributed by atoms with Crippen LogP contribution >= 0.6 is 27.8 Å². The van der Waals surface area contributed by atoms with Crippen LogP contribution in [-0.2, 0) is 16.2 Å². The Morgan fingerprint density at radius 3 is 1.09 bits per heavy atom. The van der Waals surface area contributed by atoms with Crippen molar-refractivity contribution in [2.45, 2.75) is 95.3 Å². The smallest absolute Gasteiger partial charge is 0.256 e. The summed E-state index contributed by atoms with van der Waals surface area (Å²) in [5, 5.41) is 5.08. The molecular formula is C53H56O9P2S. The molecule has 0 aliphatic carbocycles. The van der Waals surface area contributed by atoms with Gasteiger partial charge in [0.25, 0.3) is 16.0 Å². The fourth-order valence-electron chi connectivity index (χ4n) is 8.36. The highest BCUT2D eigenvalue weighted by atomic mass is 32.2. The highest BCUT2D eigenvalue weighted by molar-refractivity contribution is 7.99. The van der Waals surface area contributed by atoms with E-state index in [-0.39, 0.29) is 16.2 Å². The quantitative estimate of drug-likeness (QED) is 0.160. The maximum atomic E-state index is 7.31. The molecule has 0 radical (unpaired) electrons. The molecule has 9 nitrogen and oxygen atoms in total. The van der Waals surface area contributed by atoms with Crippen LogP contribution in [0.5, 0.6) is 34.5 Å². The molecule has 0 saturated heterocycles. The van der Waals surface area contributed by atoms with Gasteiger partial charge in [-0.25, -0.2) is 0 Å². The van der Waals surface area contributed by atoms with Crippen LogP contribution in [0.25, 0.3) is 54.5 Å². The van der Waals surface area contributed by atoms with Gasteiger partial charge < -0.3 is 40.5 Å². The molecule has 2 aromatic heterocycles. The van der Waals surface area contributed by atoms with Crippen LogP contribution < -0.4 is 23.7 Å². The van der Waals surface area contributed by atoms with E-state index < -0.39 is 16.0 Å². The van der Waals surface area contributed by atoms with Gasteiger partial charge in [0.15, 0.2) is 11.5 Å². The topological polar surface area (TPSA) is 98.7 Å². The first-order valence-electron chi connectivity index (χ1n) is 21.6. The molecule has 0 saturated carbocycles. The van der Waals surface area contributed by atoms with Crippen LogP contribution in [0.3, 0.4) is 0 Å². The molecule has 0 amide bonds. The summed E-state index contributed by atoms with van der Waals surface area (Å²) in [5.74, 6) is 4.24. The van der Waals surface area contributed by atoms with Gasteiger partial charge in [0, 0.05) is 38.2 Å². The van der Waals surface area contributed by atoms with Crippen molar-refractivity contribution in [3.8, 4) is 45.1 Å². The van der Waals surface area contributed by atoms with E-state index in [0.717, 1.165) is 104 Å². The summed E-state index contributed by atoms with van der Waals surface area (Å²) in [6.45, 7) is 21.7. The fraction of sp³-hybridized carbons (Fsp3) is 0.321. The molecule has 338 valence electrons. The highest BCUT2D eigenvalue weighted by Crippen LogP contribution is 2.61. The Morgan fingerprint density at radius 2 is 0.754 bits per heavy atom. The summed E-state index contributed by atoms with van der Waals surface area (Å²) < 4.78 is 59.7. The number of rotatable bonds is 6. The van der Waals surface area contributed by atoms with E-state index in [1.807, 2.05) is 55.5 Å². The third-order valence-corrected chi connectivity index (χ3v) is 15.8. The van der Waals surface area contributed by atoms with Crippen LogP contribution in [0.2, 0.25) is 0 Å². The fourth-order valence-corrected chi connectivity index (χ4v) is 12.6. The molecule has 1 aliphatic heterocycles. The van der Waals surface area contributed by atoms with Gasteiger partial charge in [0.1, 0.15) is 55.9 Å². The minimum absolute atomic E-state index is 0.303. The summed E-state index contributed by atoms with van der Waals surface area (Å²) in [7, 11) is 3.09. The van der Waals surface area contributed by atoms with Crippen LogP contribution in [0.4, 0.5) is 0 Å². The molecule has 0 fully saturated rings. The van der Waals surface area contributed by atoms with Crippen LogP contribution in [0, 0.1) is 6.92 Å². The molecule has 1 unspecified atom stereocenters. The number of ether oxygens (including phenoxy) is 5. The molecule has 12 heteroatoms. The van der Waals surface area contributed by atoms with Gasteiger partial charge in [-0.15, -0.1) is 0 Å². The van der Waals surface area contributed by atoms with Crippen molar-refractivity contribution >= 4 is 71.7 Å². The first-order valence-corrected chi connectivity index (χ1v) is 24.8. The van der Waals surface area contributed by atoms with Gasteiger partial charge in [0.2, 0.25) is 0 Å². The second kappa shape index (κ2) is 16.4. The SMILES string of the molecule is COc1cc(C)c2op(-c3cccc4c3Oc3c(cccc3-p3oc5c(C(C)(C)C)cc(OC)cc5c5cc(OC)cc(C(C)(C)C)c5o3)S4)oc3c(C(C)(C)C)cc(OC)cc3c2c1. The molecule has 0 bridgehead atoms. The number of methoxy groups -OCH3 is 4. The van der Waals surface area contributed by atoms with Crippen molar-refractivity contribution in [2.75, 3.05) is 28.4 Å². The zero-order valence-electron chi connectivity index (χ0n) is 39.6. The molecule has 6 aromatic carbocycles. The van der Waals surface area contributed by atoms with Gasteiger partial charge in [-0.05, 0) is 102 Å². The summed E-state index contributed by atoms with van der Waals surface area (Å²) in [6.07, 6.45) is 0. The summed E-state index contributed by atoms with van der Waals surface area (Å²) in [4.78, 5) is 1.89. The van der Waals surface area contributed by atoms with Gasteiger partial charge in [-0.1, -0.05) is 86.2 Å². The van der Waals surface area contributed by atoms with Gasteiger partial charge >= 0.3 is 0 Å². The number of para-hydroxylation sites is 2. The Bertz CT molecular complexity index is 3210. The van der Waals surface area contributed by atoms with E-state index in [0.29, 0.717) is 17.1 Å². The van der Waals surface area contributed by atoms with Crippen molar-refractivity contribution in [1.29, 1.82) is 0 Å². The summed E-state index contributed by atoms with van der Waals surface area (Å²) in [6, 6.07) is 28.7. The van der Waals surface area contributed by atoms with Crippen molar-refractivity contribution in [1.82, 2.24) is 0 Å². The van der Waals surface area contributed by atoms with Crippen LogP contribution in [0.15, 0.2) is 112 Å². The lowest BCUT2D eigenvalue weighted by Gasteiger charge is -2.23. The number of hydrogen-bond donors (Lipinski definition) is 0. The van der Waals surface area contributed by atoms with Crippen LogP contribution in [-0.4, -0.2) is 28.4 Å². The zero-order valence-corrected chi connectivity index (χ0v) is 42.2. The Balaban J connectivity index is 1.34. The summed E-state index contributed by atoms with van der Waals surface area (Å²) >= 11 is 1.64. The average molecular weight is 931 g/mol. The lowest BCUT2D eigenvalue weighted by molar-refractivity contribution is 0.413. The van der Waals surface area contributed by atoms with Gasteiger partial charge in [-0.3, -0.25) is 0 Å². The second-order valence-corrected chi connectivity index (χ2v) is 23.3. The van der Waals surface area contributed by atoms with Gasteiger partial charge in [0.05, 0.1) is 38.2 Å². The maximum absolute atomic E-state index is 7.31. The predicted octanol–water partition coefficient (Wildman–Crippen LogP) is 17.4.